The van der Waals surface area contributed by atoms with Crippen molar-refractivity contribution in [3.63, 3.8) is 0 Å². The van der Waals surface area contributed by atoms with Gasteiger partial charge in [0.05, 0.1) is 6.61 Å². The van der Waals surface area contributed by atoms with Crippen LogP contribution in [0.15, 0.2) is 37.0 Å². The summed E-state index contributed by atoms with van der Waals surface area (Å²) in [7, 11) is -4.61. The quantitative estimate of drug-likeness (QED) is 0.0116. The van der Waals surface area contributed by atoms with E-state index >= 15 is 0 Å². The molecule has 0 saturated carbocycles. The first-order valence-corrected chi connectivity index (χ1v) is 24.2. The SMILES string of the molecule is C=CCCCCCCCCCCCCCCCC(=O)O[C@H](COC(=O)/C=C/C=C/CCCCCCCCCCCCC)CO[C@H]1O[C@H](CS(=O)(=O)O)[C@@H](O)C(O)C1O. The van der Waals surface area contributed by atoms with Gasteiger partial charge in [-0.05, 0) is 32.1 Å². The Morgan fingerprint density at radius 3 is 1.69 bits per heavy atom. The molecule has 338 valence electrons. The maximum Gasteiger partial charge on any atom is 0.330 e. The van der Waals surface area contributed by atoms with E-state index in [9.17, 15) is 37.9 Å². The Kier molecular flexibility index (Phi) is 33.1. The minimum atomic E-state index is -4.61. The molecule has 1 aliphatic heterocycles. The zero-order chi connectivity index (χ0) is 42.7. The van der Waals surface area contributed by atoms with Gasteiger partial charge >= 0.3 is 11.9 Å². The maximum absolute atomic E-state index is 12.8. The highest BCUT2D eigenvalue weighted by molar-refractivity contribution is 7.85. The summed E-state index contributed by atoms with van der Waals surface area (Å²) >= 11 is 0. The van der Waals surface area contributed by atoms with E-state index < -0.39 is 71.2 Å². The number of carbonyl (C=O) groups is 2. The summed E-state index contributed by atoms with van der Waals surface area (Å²) < 4.78 is 53.8. The molecule has 58 heavy (non-hydrogen) atoms. The van der Waals surface area contributed by atoms with E-state index in [4.69, 9.17) is 18.9 Å². The molecular weight excluding hydrogens is 765 g/mol. The van der Waals surface area contributed by atoms with Gasteiger partial charge < -0.3 is 34.3 Å². The van der Waals surface area contributed by atoms with Crippen molar-refractivity contribution in [2.45, 2.75) is 217 Å². The summed E-state index contributed by atoms with van der Waals surface area (Å²) in [6.07, 6.45) is 30.0. The number of ether oxygens (including phenoxy) is 4. The number of aliphatic hydroxyl groups is 3. The van der Waals surface area contributed by atoms with Crippen molar-refractivity contribution in [3.05, 3.63) is 37.0 Å². The van der Waals surface area contributed by atoms with Crippen molar-refractivity contribution in [3.8, 4) is 0 Å². The Labute approximate surface area is 351 Å². The molecule has 0 aromatic carbocycles. The molecule has 0 aromatic heterocycles. The molecule has 1 fully saturated rings. The smallest absolute Gasteiger partial charge is 0.330 e. The molecule has 1 heterocycles. The fourth-order valence-corrected chi connectivity index (χ4v) is 7.61. The predicted molar refractivity (Wildman–Crippen MR) is 229 cm³/mol. The second kappa shape index (κ2) is 35.6. The third kappa shape index (κ3) is 30.0. The summed E-state index contributed by atoms with van der Waals surface area (Å²) in [5, 5.41) is 30.8. The van der Waals surface area contributed by atoms with Gasteiger partial charge in [0.15, 0.2) is 12.4 Å². The number of unbranched alkanes of at least 4 members (excludes halogenated alkanes) is 24. The van der Waals surface area contributed by atoms with E-state index in [1.54, 1.807) is 12.2 Å². The van der Waals surface area contributed by atoms with Crippen LogP contribution in [0.25, 0.3) is 0 Å². The number of aliphatic hydroxyl groups excluding tert-OH is 3. The average molecular weight is 845 g/mol. The molecule has 1 rings (SSSR count). The number of rotatable bonds is 38. The number of carbonyl (C=O) groups excluding carboxylic acids is 2. The molecule has 0 spiro atoms. The topological polar surface area (TPSA) is 186 Å². The number of esters is 2. The van der Waals surface area contributed by atoms with Gasteiger partial charge in [-0.3, -0.25) is 9.35 Å². The van der Waals surface area contributed by atoms with Gasteiger partial charge in [-0.15, -0.1) is 6.58 Å². The van der Waals surface area contributed by atoms with Crippen LogP contribution in [0.1, 0.15) is 180 Å². The summed E-state index contributed by atoms with van der Waals surface area (Å²) in [5.74, 6) is -2.24. The number of allylic oxidation sites excluding steroid dienone is 4. The molecule has 4 N–H and O–H groups in total. The Balaban J connectivity index is 2.49. The van der Waals surface area contributed by atoms with Crippen LogP contribution in [-0.4, -0.2) is 96.0 Å². The van der Waals surface area contributed by atoms with Crippen LogP contribution in [0.4, 0.5) is 0 Å². The first kappa shape index (κ1) is 53.9. The zero-order valence-corrected chi connectivity index (χ0v) is 36.6. The van der Waals surface area contributed by atoms with Gasteiger partial charge in [0, 0.05) is 12.5 Å². The van der Waals surface area contributed by atoms with Crippen molar-refractivity contribution in [1.82, 2.24) is 0 Å². The van der Waals surface area contributed by atoms with Crippen molar-refractivity contribution in [2.24, 2.45) is 0 Å². The largest absolute Gasteiger partial charge is 0.458 e. The molecular formula is C45H80O12S. The second-order valence-electron chi connectivity index (χ2n) is 15.9. The third-order valence-corrected chi connectivity index (χ3v) is 11.2. The lowest BCUT2D eigenvalue weighted by atomic mass is 10.00. The van der Waals surface area contributed by atoms with E-state index in [1.165, 1.54) is 128 Å². The van der Waals surface area contributed by atoms with Crippen molar-refractivity contribution < 1.29 is 56.8 Å². The van der Waals surface area contributed by atoms with Crippen LogP contribution >= 0.6 is 0 Å². The molecule has 0 radical (unpaired) electrons. The van der Waals surface area contributed by atoms with Crippen LogP contribution in [0, 0.1) is 0 Å². The average Bonchev–Trinajstić information content (AvgIpc) is 3.18. The fraction of sp³-hybridized carbons (Fsp3) is 0.822. The van der Waals surface area contributed by atoms with Gasteiger partial charge in [-0.1, -0.05) is 166 Å². The highest BCUT2D eigenvalue weighted by Crippen LogP contribution is 2.24. The van der Waals surface area contributed by atoms with E-state index in [-0.39, 0.29) is 13.0 Å². The van der Waals surface area contributed by atoms with E-state index in [2.05, 4.69) is 13.5 Å². The molecule has 1 aliphatic rings. The first-order chi connectivity index (χ1) is 28.0. The van der Waals surface area contributed by atoms with Gasteiger partial charge in [-0.2, -0.15) is 8.42 Å². The van der Waals surface area contributed by atoms with Crippen LogP contribution in [0.2, 0.25) is 0 Å². The molecule has 0 aromatic rings. The van der Waals surface area contributed by atoms with Crippen LogP contribution in [0.3, 0.4) is 0 Å². The van der Waals surface area contributed by atoms with Crippen molar-refractivity contribution in [2.75, 3.05) is 19.0 Å². The highest BCUT2D eigenvalue weighted by atomic mass is 32.2. The molecule has 6 atom stereocenters. The van der Waals surface area contributed by atoms with Crippen LogP contribution in [-0.2, 0) is 38.7 Å². The fourth-order valence-electron chi connectivity index (χ4n) is 6.92. The molecule has 0 aliphatic carbocycles. The summed E-state index contributed by atoms with van der Waals surface area (Å²) in [6.45, 7) is 5.18. The number of hydrogen-bond acceptors (Lipinski definition) is 11. The standard InChI is InChI=1S/C45H80O12S/c1-3-5-7-9-11-13-15-17-19-21-23-25-27-29-31-33-40(46)54-35-38(36-55-45-44(50)43(49)42(48)39(57-45)37-58(51,52)53)56-41(47)34-32-30-28-26-24-22-20-18-16-14-12-10-8-6-4-2/h4,27,29,31,33,38-39,42-45,48-50H,2-3,5-26,28,30,32,34-37H2,1H3,(H,51,52,53)/b29-27+,33-31+/t38-,39-,42-,43?,44?,45+/m1/s1. The van der Waals surface area contributed by atoms with E-state index in [0.29, 0.717) is 6.42 Å². The van der Waals surface area contributed by atoms with E-state index in [1.807, 2.05) is 12.2 Å². The Bertz CT molecular complexity index is 1210. The first-order valence-electron chi connectivity index (χ1n) is 22.5. The second-order valence-corrected chi connectivity index (χ2v) is 17.4. The Hall–Kier alpha value is -2.13. The Morgan fingerprint density at radius 2 is 1.17 bits per heavy atom. The molecule has 1 saturated heterocycles. The zero-order valence-electron chi connectivity index (χ0n) is 35.7. The van der Waals surface area contributed by atoms with Gasteiger partial charge in [0.2, 0.25) is 0 Å². The minimum Gasteiger partial charge on any atom is -0.458 e. The van der Waals surface area contributed by atoms with Crippen LogP contribution in [0.5, 0.6) is 0 Å². The summed E-state index contributed by atoms with van der Waals surface area (Å²) in [6, 6.07) is 0. The van der Waals surface area contributed by atoms with Crippen LogP contribution < -0.4 is 0 Å². The molecule has 2 unspecified atom stereocenters. The van der Waals surface area contributed by atoms with E-state index in [0.717, 1.165) is 38.5 Å². The lowest BCUT2D eigenvalue weighted by Gasteiger charge is -2.40. The maximum atomic E-state index is 12.8. The summed E-state index contributed by atoms with van der Waals surface area (Å²) in [4.78, 5) is 25.3. The van der Waals surface area contributed by atoms with Gasteiger partial charge in [0.25, 0.3) is 10.1 Å². The predicted octanol–water partition coefficient (Wildman–Crippen LogP) is 9.00. The monoisotopic (exact) mass is 845 g/mol. The molecule has 13 heteroatoms. The van der Waals surface area contributed by atoms with Gasteiger partial charge in [-0.25, -0.2) is 4.79 Å². The number of hydrogen-bond donors (Lipinski definition) is 4. The highest BCUT2D eigenvalue weighted by Gasteiger charge is 2.46. The summed E-state index contributed by atoms with van der Waals surface area (Å²) in [5.41, 5.74) is 0. The lowest BCUT2D eigenvalue weighted by Crippen LogP contribution is -2.60. The molecule has 0 amide bonds. The molecule has 12 nitrogen and oxygen atoms in total. The molecule has 0 bridgehead atoms. The van der Waals surface area contributed by atoms with Gasteiger partial charge in [0.1, 0.15) is 36.8 Å². The lowest BCUT2D eigenvalue weighted by molar-refractivity contribution is -0.297. The minimum absolute atomic E-state index is 0.144. The third-order valence-electron chi connectivity index (χ3n) is 10.4. The van der Waals surface area contributed by atoms with Crippen molar-refractivity contribution >= 4 is 22.1 Å². The Morgan fingerprint density at radius 1 is 0.672 bits per heavy atom. The van der Waals surface area contributed by atoms with Crippen molar-refractivity contribution in [1.29, 1.82) is 0 Å². The normalized spacial score (nSPS) is 20.5.